The van der Waals surface area contributed by atoms with Gasteiger partial charge in [-0.05, 0) is 59.7 Å². The molecule has 0 aromatic carbocycles. The Morgan fingerprint density at radius 3 is 2.88 bits per heavy atom. The summed E-state index contributed by atoms with van der Waals surface area (Å²) in [5, 5.41) is 3.75. The van der Waals surface area contributed by atoms with Gasteiger partial charge in [0.15, 0.2) is 0 Å². The molecule has 3 heteroatoms. The van der Waals surface area contributed by atoms with Crippen LogP contribution >= 0.6 is 0 Å². The minimum absolute atomic E-state index is 0.661. The molecule has 100 valence electrons. The third kappa shape index (κ3) is 3.67. The van der Waals surface area contributed by atoms with Crippen LogP contribution in [0.15, 0.2) is 0 Å². The van der Waals surface area contributed by atoms with Crippen LogP contribution in [0.2, 0.25) is 0 Å². The van der Waals surface area contributed by atoms with Crippen LogP contribution in [0.5, 0.6) is 0 Å². The lowest BCUT2D eigenvalue weighted by atomic mass is 9.97. The van der Waals surface area contributed by atoms with E-state index in [1.54, 1.807) is 0 Å². The highest BCUT2D eigenvalue weighted by molar-refractivity contribution is 4.89. The Bertz CT molecular complexity index is 230. The Kier molecular flexibility index (Phi) is 4.83. The second-order valence-corrected chi connectivity index (χ2v) is 6.08. The van der Waals surface area contributed by atoms with Gasteiger partial charge in [0, 0.05) is 31.2 Å². The first-order chi connectivity index (χ1) is 8.16. The summed E-state index contributed by atoms with van der Waals surface area (Å²) in [4.78, 5) is 5.11. The summed E-state index contributed by atoms with van der Waals surface area (Å²) in [6.45, 7) is 9.51. The fourth-order valence-electron chi connectivity index (χ4n) is 3.11. The molecule has 0 aliphatic carbocycles. The number of hydrogen-bond donors (Lipinski definition) is 1. The maximum Gasteiger partial charge on any atom is 0.0111 e. The molecular weight excluding hydrogens is 210 g/mol. The lowest BCUT2D eigenvalue weighted by Crippen LogP contribution is -2.47. The van der Waals surface area contributed by atoms with E-state index < -0.39 is 0 Å². The third-order valence-corrected chi connectivity index (χ3v) is 4.60. The Morgan fingerprint density at radius 1 is 1.29 bits per heavy atom. The Hall–Kier alpha value is -0.120. The van der Waals surface area contributed by atoms with E-state index in [1.807, 2.05) is 0 Å². The number of hydrogen-bond acceptors (Lipinski definition) is 3. The molecule has 0 aromatic rings. The first-order valence-corrected chi connectivity index (χ1v) is 7.34. The summed E-state index contributed by atoms with van der Waals surface area (Å²) in [6.07, 6.45) is 5.59. The second-order valence-electron chi connectivity index (χ2n) is 6.08. The third-order valence-electron chi connectivity index (χ3n) is 4.60. The van der Waals surface area contributed by atoms with Gasteiger partial charge >= 0.3 is 0 Å². The van der Waals surface area contributed by atoms with Crippen LogP contribution in [0.25, 0.3) is 0 Å². The van der Waals surface area contributed by atoms with Crippen molar-refractivity contribution >= 4 is 0 Å². The standard InChI is InChI=1S/C14H29N3/c1-12(2)16(3)10-7-15-13-6-9-17-8-4-5-14(17)11-13/h12-15H,4-11H2,1-3H3. The highest BCUT2D eigenvalue weighted by atomic mass is 15.2. The fraction of sp³-hybridized carbons (Fsp3) is 1.00. The van der Waals surface area contributed by atoms with Crippen molar-refractivity contribution in [2.75, 3.05) is 33.2 Å². The van der Waals surface area contributed by atoms with Gasteiger partial charge in [-0.15, -0.1) is 0 Å². The van der Waals surface area contributed by atoms with Crippen molar-refractivity contribution in [3.63, 3.8) is 0 Å². The van der Waals surface area contributed by atoms with Crippen molar-refractivity contribution < 1.29 is 0 Å². The number of fused-ring (bicyclic) bond motifs is 1. The molecule has 2 fully saturated rings. The number of likely N-dealkylation sites (N-methyl/N-ethyl adjacent to an activating group) is 1. The Balaban J connectivity index is 1.63. The molecule has 2 heterocycles. The van der Waals surface area contributed by atoms with Crippen molar-refractivity contribution in [1.29, 1.82) is 0 Å². The molecule has 0 bridgehead atoms. The van der Waals surface area contributed by atoms with E-state index in [-0.39, 0.29) is 0 Å². The minimum atomic E-state index is 0.661. The highest BCUT2D eigenvalue weighted by Crippen LogP contribution is 2.26. The summed E-state index contributed by atoms with van der Waals surface area (Å²) in [7, 11) is 2.21. The van der Waals surface area contributed by atoms with E-state index in [9.17, 15) is 0 Å². The molecule has 2 atom stereocenters. The fourth-order valence-corrected chi connectivity index (χ4v) is 3.11. The van der Waals surface area contributed by atoms with E-state index >= 15 is 0 Å². The topological polar surface area (TPSA) is 18.5 Å². The van der Waals surface area contributed by atoms with Gasteiger partial charge in [-0.1, -0.05) is 0 Å². The zero-order chi connectivity index (χ0) is 12.3. The molecule has 2 unspecified atom stereocenters. The van der Waals surface area contributed by atoms with Crippen LogP contribution in [-0.4, -0.2) is 61.2 Å². The van der Waals surface area contributed by atoms with Gasteiger partial charge < -0.3 is 15.1 Å². The molecule has 0 aromatic heterocycles. The largest absolute Gasteiger partial charge is 0.313 e. The molecule has 2 aliphatic heterocycles. The summed E-state index contributed by atoms with van der Waals surface area (Å²) < 4.78 is 0. The lowest BCUT2D eigenvalue weighted by molar-refractivity contribution is 0.163. The summed E-state index contributed by atoms with van der Waals surface area (Å²) in [5.41, 5.74) is 0. The van der Waals surface area contributed by atoms with Crippen LogP contribution < -0.4 is 5.32 Å². The van der Waals surface area contributed by atoms with Crippen molar-refractivity contribution in [1.82, 2.24) is 15.1 Å². The quantitative estimate of drug-likeness (QED) is 0.785. The van der Waals surface area contributed by atoms with Gasteiger partial charge in [0.25, 0.3) is 0 Å². The lowest BCUT2D eigenvalue weighted by Gasteiger charge is -2.35. The van der Waals surface area contributed by atoms with Crippen LogP contribution in [0.3, 0.4) is 0 Å². The molecule has 2 saturated heterocycles. The second kappa shape index (κ2) is 6.17. The number of nitrogens with one attached hydrogen (secondary N) is 1. The van der Waals surface area contributed by atoms with E-state index in [2.05, 4.69) is 36.0 Å². The number of rotatable bonds is 5. The molecule has 17 heavy (non-hydrogen) atoms. The number of nitrogens with zero attached hydrogens (tertiary/aromatic N) is 2. The van der Waals surface area contributed by atoms with Gasteiger partial charge in [0.1, 0.15) is 0 Å². The zero-order valence-corrected chi connectivity index (χ0v) is 11.8. The molecular formula is C14H29N3. The minimum Gasteiger partial charge on any atom is -0.313 e. The van der Waals surface area contributed by atoms with Crippen LogP contribution in [0.4, 0.5) is 0 Å². The van der Waals surface area contributed by atoms with E-state index in [1.165, 1.54) is 45.3 Å². The summed E-state index contributed by atoms with van der Waals surface area (Å²) in [5.74, 6) is 0. The summed E-state index contributed by atoms with van der Waals surface area (Å²) >= 11 is 0. The van der Waals surface area contributed by atoms with E-state index in [4.69, 9.17) is 0 Å². The maximum atomic E-state index is 3.75. The molecule has 0 spiro atoms. The molecule has 0 amide bonds. The number of piperidine rings is 1. The Labute approximate surface area is 107 Å². The monoisotopic (exact) mass is 239 g/mol. The SMILES string of the molecule is CC(C)N(C)CCNC1CCN2CCCC2C1. The van der Waals surface area contributed by atoms with Gasteiger partial charge in [-0.25, -0.2) is 0 Å². The molecule has 0 radical (unpaired) electrons. The van der Waals surface area contributed by atoms with Gasteiger partial charge in [0.05, 0.1) is 0 Å². The van der Waals surface area contributed by atoms with Crippen molar-refractivity contribution in [2.24, 2.45) is 0 Å². The van der Waals surface area contributed by atoms with Gasteiger partial charge in [-0.3, -0.25) is 0 Å². The van der Waals surface area contributed by atoms with Crippen molar-refractivity contribution in [3.05, 3.63) is 0 Å². The van der Waals surface area contributed by atoms with Crippen LogP contribution in [0.1, 0.15) is 39.5 Å². The van der Waals surface area contributed by atoms with Crippen molar-refractivity contribution in [3.8, 4) is 0 Å². The van der Waals surface area contributed by atoms with Crippen molar-refractivity contribution in [2.45, 2.75) is 57.7 Å². The smallest absolute Gasteiger partial charge is 0.0111 e. The molecule has 3 nitrogen and oxygen atoms in total. The first kappa shape index (κ1) is 13.3. The van der Waals surface area contributed by atoms with Gasteiger partial charge in [0.2, 0.25) is 0 Å². The molecule has 0 saturated carbocycles. The average Bonchev–Trinajstić information content (AvgIpc) is 2.75. The maximum absolute atomic E-state index is 3.75. The van der Waals surface area contributed by atoms with E-state index in [0.29, 0.717) is 6.04 Å². The average molecular weight is 239 g/mol. The van der Waals surface area contributed by atoms with Crippen LogP contribution in [0, 0.1) is 0 Å². The first-order valence-electron chi connectivity index (χ1n) is 7.34. The Morgan fingerprint density at radius 2 is 2.12 bits per heavy atom. The normalized spacial score (nSPS) is 30.2. The summed E-state index contributed by atoms with van der Waals surface area (Å²) in [6, 6.07) is 2.33. The zero-order valence-electron chi connectivity index (χ0n) is 11.8. The molecule has 2 rings (SSSR count). The molecule has 2 aliphatic rings. The predicted octanol–water partition coefficient (Wildman–Crippen LogP) is 1.54. The highest BCUT2D eigenvalue weighted by Gasteiger charge is 2.31. The van der Waals surface area contributed by atoms with Crippen LogP contribution in [-0.2, 0) is 0 Å². The molecule has 1 N–H and O–H groups in total. The predicted molar refractivity (Wildman–Crippen MR) is 73.4 cm³/mol. The van der Waals surface area contributed by atoms with E-state index in [0.717, 1.165) is 18.6 Å². The van der Waals surface area contributed by atoms with Gasteiger partial charge in [-0.2, -0.15) is 0 Å².